The largest absolute Gasteiger partial charge is 0.460 e. The third-order valence-corrected chi connectivity index (χ3v) is 7.72. The van der Waals surface area contributed by atoms with Crippen LogP contribution in [0.1, 0.15) is 55.4 Å². The molecule has 1 fully saturated rings. The Kier molecular flexibility index (Phi) is 7.10. The van der Waals surface area contributed by atoms with Crippen molar-refractivity contribution >= 4 is 45.1 Å². The zero-order chi connectivity index (χ0) is 23.7. The summed E-state index contributed by atoms with van der Waals surface area (Å²) in [6.45, 7) is 8.02. The molecule has 0 unspecified atom stereocenters. The molecule has 0 spiro atoms. The van der Waals surface area contributed by atoms with Crippen LogP contribution in [0.3, 0.4) is 0 Å². The van der Waals surface area contributed by atoms with Gasteiger partial charge in [-0.25, -0.2) is 14.3 Å². The number of ether oxygens (including phenoxy) is 2. The lowest BCUT2D eigenvalue weighted by Crippen LogP contribution is -2.36. The molecule has 6 nitrogen and oxygen atoms in total. The number of halogens is 1. The van der Waals surface area contributed by atoms with Gasteiger partial charge in [-0.05, 0) is 67.9 Å². The first-order valence-electron chi connectivity index (χ1n) is 11.3. The molecule has 1 aromatic carbocycles. The number of rotatable bonds is 6. The predicted octanol–water partition coefficient (Wildman–Crippen LogP) is 6.21. The second-order valence-corrected chi connectivity index (χ2v) is 10.7. The van der Waals surface area contributed by atoms with Crippen LogP contribution in [0.2, 0.25) is 5.02 Å². The molecule has 1 saturated carbocycles. The van der Waals surface area contributed by atoms with Gasteiger partial charge in [0.2, 0.25) is 0 Å². The number of hydrogen-bond donors (Lipinski definition) is 0. The Labute approximate surface area is 202 Å². The van der Waals surface area contributed by atoms with E-state index < -0.39 is 11.9 Å². The highest BCUT2D eigenvalue weighted by atomic mass is 35.5. The fraction of sp³-hybridized carbons (Fsp3) is 0.480. The van der Waals surface area contributed by atoms with Crippen molar-refractivity contribution < 1.29 is 19.1 Å². The van der Waals surface area contributed by atoms with E-state index in [2.05, 4.69) is 25.9 Å². The quantitative estimate of drug-likeness (QED) is 0.386. The van der Waals surface area contributed by atoms with Crippen LogP contribution in [-0.4, -0.2) is 34.4 Å². The summed E-state index contributed by atoms with van der Waals surface area (Å²) in [5.41, 5.74) is 1.66. The Morgan fingerprint density at radius 2 is 1.97 bits per heavy atom. The van der Waals surface area contributed by atoms with Crippen LogP contribution in [-0.2, 0) is 14.3 Å². The Balaban J connectivity index is 1.42. The summed E-state index contributed by atoms with van der Waals surface area (Å²) in [6.07, 6.45) is 2.96. The Bertz CT molecular complexity index is 1150. The normalized spacial score (nSPS) is 20.8. The fourth-order valence-corrected chi connectivity index (χ4v) is 5.76. The molecule has 0 saturated heterocycles. The van der Waals surface area contributed by atoms with Gasteiger partial charge in [-0.15, -0.1) is 11.3 Å². The van der Waals surface area contributed by atoms with E-state index in [1.54, 1.807) is 22.9 Å². The molecule has 0 amide bonds. The molecule has 0 aliphatic heterocycles. The minimum absolute atomic E-state index is 0.114. The number of nitrogens with zero attached hydrogens (tertiary/aromatic N) is 2. The average molecular weight is 489 g/mol. The minimum atomic E-state index is -0.535. The summed E-state index contributed by atoms with van der Waals surface area (Å²) in [6, 6.07) is 9.10. The van der Waals surface area contributed by atoms with Crippen LogP contribution >= 0.6 is 22.9 Å². The zero-order valence-corrected chi connectivity index (χ0v) is 20.9. The summed E-state index contributed by atoms with van der Waals surface area (Å²) in [7, 11) is 0. The molecule has 3 aromatic rings. The summed E-state index contributed by atoms with van der Waals surface area (Å²) in [5, 5.41) is 6.09. The molecule has 1 aliphatic carbocycles. The smallest absolute Gasteiger partial charge is 0.348 e. The Morgan fingerprint density at radius 1 is 1.24 bits per heavy atom. The molecular weight excluding hydrogens is 460 g/mol. The van der Waals surface area contributed by atoms with E-state index in [-0.39, 0.29) is 12.7 Å². The van der Waals surface area contributed by atoms with Crippen molar-refractivity contribution in [2.75, 3.05) is 6.61 Å². The van der Waals surface area contributed by atoms with Crippen LogP contribution in [0.15, 0.2) is 30.3 Å². The fourth-order valence-electron chi connectivity index (χ4n) is 4.55. The number of hydrogen-bond acceptors (Lipinski definition) is 6. The highest BCUT2D eigenvalue weighted by Gasteiger charge is 2.33. The maximum absolute atomic E-state index is 12.7. The second kappa shape index (κ2) is 9.85. The van der Waals surface area contributed by atoms with Crippen molar-refractivity contribution in [2.24, 2.45) is 17.8 Å². The molecule has 0 radical (unpaired) electrons. The first-order valence-corrected chi connectivity index (χ1v) is 12.5. The van der Waals surface area contributed by atoms with Gasteiger partial charge in [0.05, 0.1) is 11.4 Å². The highest BCUT2D eigenvalue weighted by Crippen LogP contribution is 2.35. The third kappa shape index (κ3) is 5.25. The Hall–Kier alpha value is -2.38. The molecular formula is C25H29ClN2O4S. The van der Waals surface area contributed by atoms with Crippen LogP contribution < -0.4 is 0 Å². The van der Waals surface area contributed by atoms with Gasteiger partial charge in [0, 0.05) is 10.4 Å². The molecule has 2 heterocycles. The van der Waals surface area contributed by atoms with Crippen molar-refractivity contribution in [3.8, 4) is 5.69 Å². The van der Waals surface area contributed by atoms with E-state index in [0.29, 0.717) is 27.7 Å². The van der Waals surface area contributed by atoms with Gasteiger partial charge >= 0.3 is 11.9 Å². The topological polar surface area (TPSA) is 70.4 Å². The molecule has 0 N–H and O–H groups in total. The van der Waals surface area contributed by atoms with Crippen molar-refractivity contribution in [1.82, 2.24) is 9.78 Å². The van der Waals surface area contributed by atoms with Crippen molar-refractivity contribution in [3.05, 3.63) is 45.9 Å². The molecule has 2 aromatic heterocycles. The molecule has 1 aliphatic rings. The molecule has 8 heteroatoms. The highest BCUT2D eigenvalue weighted by molar-refractivity contribution is 7.20. The van der Waals surface area contributed by atoms with Crippen molar-refractivity contribution in [2.45, 2.75) is 53.1 Å². The van der Waals surface area contributed by atoms with Crippen LogP contribution in [0, 0.1) is 24.7 Å². The van der Waals surface area contributed by atoms with E-state index in [1.807, 2.05) is 19.1 Å². The number of carbonyl (C=O) groups excluding carboxylic acids is 2. The number of fused-ring (bicyclic) bond motifs is 1. The van der Waals surface area contributed by atoms with Crippen molar-refractivity contribution in [3.63, 3.8) is 0 Å². The van der Waals surface area contributed by atoms with E-state index in [9.17, 15) is 9.59 Å². The zero-order valence-electron chi connectivity index (χ0n) is 19.3. The average Bonchev–Trinajstić information content (AvgIpc) is 3.33. The number of aromatic nitrogens is 2. The number of thiophene rings is 1. The van der Waals surface area contributed by atoms with Gasteiger partial charge < -0.3 is 9.47 Å². The number of aryl methyl sites for hydroxylation is 1. The molecule has 176 valence electrons. The van der Waals surface area contributed by atoms with E-state index in [0.717, 1.165) is 40.9 Å². The van der Waals surface area contributed by atoms with Crippen LogP contribution in [0.5, 0.6) is 0 Å². The maximum atomic E-state index is 12.7. The maximum Gasteiger partial charge on any atom is 0.348 e. The SMILES string of the molecule is Cc1nn(-c2ccc(Cl)cc2)c2sc(C(=O)OCC(=O)O[C@@H]3C[C@H](C)CC[C@@H]3C(C)C)cc12. The molecule has 3 atom stereocenters. The summed E-state index contributed by atoms with van der Waals surface area (Å²) < 4.78 is 12.8. The van der Waals surface area contributed by atoms with Gasteiger partial charge in [0.1, 0.15) is 15.8 Å². The summed E-state index contributed by atoms with van der Waals surface area (Å²) >= 11 is 7.28. The third-order valence-electron chi connectivity index (χ3n) is 6.38. The van der Waals surface area contributed by atoms with E-state index in [4.69, 9.17) is 21.1 Å². The summed E-state index contributed by atoms with van der Waals surface area (Å²) in [5.74, 6) is 0.301. The summed E-state index contributed by atoms with van der Waals surface area (Å²) in [4.78, 5) is 26.4. The van der Waals surface area contributed by atoms with Crippen LogP contribution in [0.4, 0.5) is 0 Å². The molecule has 33 heavy (non-hydrogen) atoms. The molecule has 0 bridgehead atoms. The first-order chi connectivity index (χ1) is 15.7. The van der Waals surface area contributed by atoms with Gasteiger partial charge in [0.15, 0.2) is 6.61 Å². The van der Waals surface area contributed by atoms with Crippen LogP contribution in [0.25, 0.3) is 15.9 Å². The van der Waals surface area contributed by atoms with E-state index in [1.165, 1.54) is 11.3 Å². The van der Waals surface area contributed by atoms with Crippen molar-refractivity contribution in [1.29, 1.82) is 0 Å². The lowest BCUT2D eigenvalue weighted by molar-refractivity contribution is -0.159. The van der Waals surface area contributed by atoms with Gasteiger partial charge in [-0.1, -0.05) is 38.8 Å². The first kappa shape index (κ1) is 23.8. The lowest BCUT2D eigenvalue weighted by Gasteiger charge is -2.36. The van der Waals surface area contributed by atoms with Gasteiger partial charge in [0.25, 0.3) is 0 Å². The minimum Gasteiger partial charge on any atom is -0.460 e. The number of benzene rings is 1. The number of esters is 2. The van der Waals surface area contributed by atoms with Gasteiger partial charge in [-0.2, -0.15) is 5.10 Å². The van der Waals surface area contributed by atoms with E-state index >= 15 is 0 Å². The molecule has 4 rings (SSSR count). The van der Waals surface area contributed by atoms with Gasteiger partial charge in [-0.3, -0.25) is 0 Å². The lowest BCUT2D eigenvalue weighted by atomic mass is 9.75. The number of carbonyl (C=O) groups is 2. The monoisotopic (exact) mass is 488 g/mol. The standard InChI is InChI=1S/C25H29ClN2O4S/c1-14(2)19-10-5-15(3)11-21(19)32-23(29)13-31-25(30)22-12-20-16(4)27-28(24(20)33-22)18-8-6-17(26)7-9-18/h6-9,12,14-15,19,21H,5,10-11,13H2,1-4H3/t15-,19-,21-/m1/s1. The predicted molar refractivity (Wildman–Crippen MR) is 130 cm³/mol. The Morgan fingerprint density at radius 3 is 2.67 bits per heavy atom. The second-order valence-electron chi connectivity index (χ2n) is 9.23.